The molecule has 2 atom stereocenters. The number of carbonyl (C=O) groups is 1. The van der Waals surface area contributed by atoms with E-state index in [4.69, 9.17) is 4.74 Å². The first-order chi connectivity index (χ1) is 14.1. The topological polar surface area (TPSA) is 65.6 Å². The van der Waals surface area contributed by atoms with Gasteiger partial charge >= 0.3 is 0 Å². The fraction of sp³-hybridized carbons (Fsp3) is 0.375. The molecule has 5 nitrogen and oxygen atoms in total. The lowest BCUT2D eigenvalue weighted by atomic mass is 9.81. The summed E-state index contributed by atoms with van der Waals surface area (Å²) in [6.45, 7) is 1.28. The van der Waals surface area contributed by atoms with Gasteiger partial charge in [-0.15, -0.1) is 0 Å². The molecule has 29 heavy (non-hydrogen) atoms. The van der Waals surface area contributed by atoms with Gasteiger partial charge in [-0.1, -0.05) is 48.5 Å². The van der Waals surface area contributed by atoms with Crippen LogP contribution >= 0.6 is 0 Å². The molecule has 0 bridgehead atoms. The first-order valence-corrected chi connectivity index (χ1v) is 10.4. The van der Waals surface area contributed by atoms with Crippen LogP contribution in [0.4, 0.5) is 0 Å². The van der Waals surface area contributed by atoms with Gasteiger partial charge < -0.3 is 19.7 Å². The van der Waals surface area contributed by atoms with E-state index in [1.54, 1.807) is 0 Å². The molecule has 3 aromatic rings. The van der Waals surface area contributed by atoms with Gasteiger partial charge in [0.15, 0.2) is 0 Å². The molecule has 0 aliphatic carbocycles. The lowest BCUT2D eigenvalue weighted by Crippen LogP contribution is -2.52. The number of likely N-dealkylation sites (tertiary alicyclic amines) is 1. The highest BCUT2D eigenvalue weighted by atomic mass is 16.5. The molecule has 1 amide bonds. The molecule has 2 aliphatic heterocycles. The van der Waals surface area contributed by atoms with Crippen molar-refractivity contribution in [1.29, 1.82) is 0 Å². The average Bonchev–Trinajstić information content (AvgIpc) is 3.18. The second-order valence-corrected chi connectivity index (χ2v) is 8.36. The number of fused-ring (bicyclic) bond motifs is 1. The Labute approximate surface area is 170 Å². The van der Waals surface area contributed by atoms with Gasteiger partial charge in [-0.3, -0.25) is 4.79 Å². The van der Waals surface area contributed by atoms with Crippen LogP contribution in [0.25, 0.3) is 10.9 Å². The van der Waals surface area contributed by atoms with Crippen LogP contribution in [0.15, 0.2) is 60.7 Å². The number of rotatable bonds is 2. The van der Waals surface area contributed by atoms with E-state index in [2.05, 4.69) is 17.1 Å². The Morgan fingerprint density at radius 2 is 1.79 bits per heavy atom. The predicted octanol–water partition coefficient (Wildman–Crippen LogP) is 4.06. The fourth-order valence-corrected chi connectivity index (χ4v) is 4.83. The molecule has 0 unspecified atom stereocenters. The van der Waals surface area contributed by atoms with Crippen molar-refractivity contribution >= 4 is 16.8 Å². The van der Waals surface area contributed by atoms with E-state index in [1.165, 1.54) is 0 Å². The number of benzene rings is 2. The van der Waals surface area contributed by atoms with Crippen LogP contribution in [0.2, 0.25) is 0 Å². The van der Waals surface area contributed by atoms with Gasteiger partial charge in [-0.25, -0.2) is 0 Å². The second kappa shape index (κ2) is 7.32. The molecule has 0 radical (unpaired) electrons. The molecular weight excluding hydrogens is 364 g/mol. The molecule has 2 aliphatic rings. The van der Waals surface area contributed by atoms with E-state index in [9.17, 15) is 9.90 Å². The van der Waals surface area contributed by atoms with Crippen LogP contribution in [0, 0.1) is 0 Å². The fourth-order valence-electron chi connectivity index (χ4n) is 4.83. The summed E-state index contributed by atoms with van der Waals surface area (Å²) >= 11 is 0. The number of nitrogens with one attached hydrogen (secondary N) is 1. The van der Waals surface area contributed by atoms with Crippen LogP contribution in [0.1, 0.15) is 47.8 Å². The number of aliphatic hydroxyl groups is 1. The minimum Gasteiger partial charge on any atom is -0.393 e. The largest absolute Gasteiger partial charge is 0.393 e. The molecule has 1 spiro atoms. The zero-order valence-electron chi connectivity index (χ0n) is 16.4. The van der Waals surface area contributed by atoms with Gasteiger partial charge in [0.25, 0.3) is 5.91 Å². The van der Waals surface area contributed by atoms with Crippen molar-refractivity contribution < 1.29 is 14.6 Å². The lowest BCUT2D eigenvalue weighted by molar-refractivity contribution is -0.181. The summed E-state index contributed by atoms with van der Waals surface area (Å²) in [5, 5.41) is 11.6. The zero-order valence-corrected chi connectivity index (χ0v) is 16.4. The SMILES string of the molecule is O=C(c1cc2ccccc2[nH]1)N1CCC2(CC1)C[C@H](O)C[C@H](c1ccccc1)O2. The molecular formula is C24H26N2O3. The average molecular weight is 390 g/mol. The summed E-state index contributed by atoms with van der Waals surface area (Å²) in [5.41, 5.74) is 2.37. The van der Waals surface area contributed by atoms with Crippen LogP contribution < -0.4 is 0 Å². The maximum atomic E-state index is 13.0. The zero-order chi connectivity index (χ0) is 19.8. The Hall–Kier alpha value is -2.63. The number of aliphatic hydroxyl groups excluding tert-OH is 1. The summed E-state index contributed by atoms with van der Waals surface area (Å²) in [7, 11) is 0. The highest BCUT2D eigenvalue weighted by Gasteiger charge is 2.44. The maximum Gasteiger partial charge on any atom is 0.270 e. The summed E-state index contributed by atoms with van der Waals surface area (Å²) < 4.78 is 6.55. The number of hydrogen-bond donors (Lipinski definition) is 2. The second-order valence-electron chi connectivity index (χ2n) is 8.36. The molecule has 2 N–H and O–H groups in total. The van der Waals surface area contributed by atoms with Crippen LogP contribution in [0.3, 0.4) is 0 Å². The third-order valence-electron chi connectivity index (χ3n) is 6.38. The summed E-state index contributed by atoms with van der Waals surface area (Å²) in [5.74, 6) is 0.0343. The molecule has 0 saturated carbocycles. The summed E-state index contributed by atoms with van der Waals surface area (Å²) in [4.78, 5) is 18.1. The molecule has 2 saturated heterocycles. The Morgan fingerprint density at radius 3 is 2.55 bits per heavy atom. The molecule has 2 fully saturated rings. The van der Waals surface area contributed by atoms with E-state index < -0.39 is 0 Å². The number of piperidine rings is 1. The predicted molar refractivity (Wildman–Crippen MR) is 112 cm³/mol. The van der Waals surface area contributed by atoms with E-state index in [0.29, 0.717) is 31.6 Å². The number of carbonyl (C=O) groups excluding carboxylic acids is 1. The monoisotopic (exact) mass is 390 g/mol. The highest BCUT2D eigenvalue weighted by Crippen LogP contribution is 2.43. The number of hydrogen-bond acceptors (Lipinski definition) is 3. The molecule has 5 rings (SSSR count). The van der Waals surface area contributed by atoms with Crippen molar-refractivity contribution in [3.63, 3.8) is 0 Å². The Balaban J connectivity index is 1.29. The van der Waals surface area contributed by atoms with Gasteiger partial charge in [0.2, 0.25) is 0 Å². The van der Waals surface area contributed by atoms with Gasteiger partial charge in [0.1, 0.15) is 5.69 Å². The first-order valence-electron chi connectivity index (χ1n) is 10.4. The number of H-pyrrole nitrogens is 1. The van der Waals surface area contributed by atoms with Crippen LogP contribution in [-0.4, -0.2) is 45.7 Å². The Morgan fingerprint density at radius 1 is 1.07 bits per heavy atom. The minimum atomic E-state index is -0.370. The standard InChI is InChI=1S/C24H26N2O3/c27-19-15-22(17-6-2-1-3-7-17)29-24(16-19)10-12-26(13-11-24)23(28)21-14-18-8-4-5-9-20(18)25-21/h1-9,14,19,22,25,27H,10-13,15-16H2/t19-,22-/m1/s1. The third-order valence-corrected chi connectivity index (χ3v) is 6.38. The number of aromatic nitrogens is 1. The summed E-state index contributed by atoms with van der Waals surface area (Å²) in [6.07, 6.45) is 2.31. The van der Waals surface area contributed by atoms with Gasteiger partial charge in [0.05, 0.1) is 17.8 Å². The third kappa shape index (κ3) is 3.56. The quantitative estimate of drug-likeness (QED) is 0.694. The van der Waals surface area contributed by atoms with Crippen molar-refractivity contribution in [2.45, 2.75) is 43.5 Å². The highest BCUT2D eigenvalue weighted by molar-refractivity contribution is 5.98. The van der Waals surface area contributed by atoms with E-state index in [0.717, 1.165) is 29.3 Å². The van der Waals surface area contributed by atoms with E-state index in [-0.39, 0.29) is 23.7 Å². The Bertz CT molecular complexity index is 972. The summed E-state index contributed by atoms with van der Waals surface area (Å²) in [6, 6.07) is 20.0. The number of para-hydroxylation sites is 1. The van der Waals surface area contributed by atoms with Crippen molar-refractivity contribution in [1.82, 2.24) is 9.88 Å². The van der Waals surface area contributed by atoms with E-state index >= 15 is 0 Å². The van der Waals surface area contributed by atoms with Crippen molar-refractivity contribution in [3.8, 4) is 0 Å². The number of nitrogens with zero attached hydrogens (tertiary/aromatic N) is 1. The normalized spacial score (nSPS) is 24.1. The maximum absolute atomic E-state index is 13.0. The van der Waals surface area contributed by atoms with Gasteiger partial charge in [-0.05, 0) is 30.5 Å². The van der Waals surface area contributed by atoms with Gasteiger partial charge in [-0.2, -0.15) is 0 Å². The number of amides is 1. The van der Waals surface area contributed by atoms with Crippen LogP contribution in [0.5, 0.6) is 0 Å². The van der Waals surface area contributed by atoms with Gasteiger partial charge in [0, 0.05) is 36.8 Å². The number of aromatic amines is 1. The molecule has 1 aromatic heterocycles. The number of ether oxygens (including phenoxy) is 1. The van der Waals surface area contributed by atoms with Crippen molar-refractivity contribution in [2.75, 3.05) is 13.1 Å². The molecule has 150 valence electrons. The van der Waals surface area contributed by atoms with E-state index in [1.807, 2.05) is 53.4 Å². The first kappa shape index (κ1) is 18.4. The smallest absolute Gasteiger partial charge is 0.270 e. The molecule has 3 heterocycles. The Kier molecular flexibility index (Phi) is 4.64. The van der Waals surface area contributed by atoms with Crippen molar-refractivity contribution in [3.05, 3.63) is 71.9 Å². The molecule has 2 aromatic carbocycles. The lowest BCUT2D eigenvalue weighted by Gasteiger charge is -2.48. The van der Waals surface area contributed by atoms with Crippen LogP contribution in [-0.2, 0) is 4.74 Å². The van der Waals surface area contributed by atoms with Crippen molar-refractivity contribution in [2.24, 2.45) is 0 Å². The minimum absolute atomic E-state index is 0.0343. The molecule has 5 heteroatoms.